The highest BCUT2D eigenvalue weighted by Crippen LogP contribution is 2.41. The second-order valence-electron chi connectivity index (χ2n) is 5.69. The predicted octanol–water partition coefficient (Wildman–Crippen LogP) is 3.62. The van der Waals surface area contributed by atoms with E-state index in [1.807, 2.05) is 30.3 Å². The molecule has 0 saturated heterocycles. The Bertz CT molecular complexity index is 590. The maximum absolute atomic E-state index is 10.8. The van der Waals surface area contributed by atoms with Gasteiger partial charge in [-0.25, -0.2) is 0 Å². The molecule has 1 heterocycles. The summed E-state index contributed by atoms with van der Waals surface area (Å²) in [5, 5.41) is 11.9. The minimum atomic E-state index is -0.607. The van der Waals surface area contributed by atoms with Gasteiger partial charge >= 0.3 is 0 Å². The van der Waals surface area contributed by atoms with Crippen LogP contribution in [-0.4, -0.2) is 22.8 Å². The van der Waals surface area contributed by atoms with Gasteiger partial charge in [0.05, 0.1) is 11.1 Å². The number of aliphatic hydroxyl groups is 1. The second kappa shape index (κ2) is 5.51. The van der Waals surface area contributed by atoms with Crippen LogP contribution in [0.25, 0.3) is 10.9 Å². The zero-order chi connectivity index (χ0) is 14.0. The van der Waals surface area contributed by atoms with E-state index in [2.05, 4.69) is 4.98 Å². The van der Waals surface area contributed by atoms with Crippen molar-refractivity contribution in [2.24, 2.45) is 0 Å². The van der Waals surface area contributed by atoms with E-state index in [4.69, 9.17) is 4.74 Å². The summed E-state index contributed by atoms with van der Waals surface area (Å²) in [4.78, 5) is 4.45. The first-order valence-corrected chi connectivity index (χ1v) is 7.33. The number of para-hydroxylation sites is 1. The van der Waals surface area contributed by atoms with Crippen molar-refractivity contribution in [2.75, 3.05) is 7.11 Å². The molecule has 0 aliphatic heterocycles. The molecule has 3 nitrogen and oxygen atoms in total. The van der Waals surface area contributed by atoms with Crippen LogP contribution in [0, 0.1) is 0 Å². The van der Waals surface area contributed by atoms with Gasteiger partial charge in [-0.05, 0) is 25.0 Å². The van der Waals surface area contributed by atoms with E-state index in [-0.39, 0.29) is 0 Å². The van der Waals surface area contributed by atoms with E-state index in [0.717, 1.165) is 42.1 Å². The lowest BCUT2D eigenvalue weighted by Gasteiger charge is -2.40. The van der Waals surface area contributed by atoms with Crippen molar-refractivity contribution >= 4 is 10.9 Å². The van der Waals surface area contributed by atoms with Gasteiger partial charge < -0.3 is 9.84 Å². The standard InChI is InChI=1S/C17H21NO2/c1-20-17(9-5-2-6-10-17)16(19)14-11-13-7-3-4-8-15(13)18-12-14/h3-4,7-8,11-12,16,19H,2,5-6,9-10H2,1H3. The van der Waals surface area contributed by atoms with Crippen LogP contribution in [0.1, 0.15) is 43.8 Å². The van der Waals surface area contributed by atoms with Gasteiger partial charge in [-0.1, -0.05) is 37.5 Å². The van der Waals surface area contributed by atoms with Crippen LogP contribution in [-0.2, 0) is 4.74 Å². The average Bonchev–Trinajstić information content (AvgIpc) is 2.54. The van der Waals surface area contributed by atoms with Gasteiger partial charge in [0.15, 0.2) is 0 Å². The molecule has 1 aromatic carbocycles. The van der Waals surface area contributed by atoms with Gasteiger partial charge in [-0.3, -0.25) is 4.98 Å². The number of benzene rings is 1. The summed E-state index contributed by atoms with van der Waals surface area (Å²) in [5.41, 5.74) is 1.37. The molecule has 1 unspecified atom stereocenters. The van der Waals surface area contributed by atoms with Crippen molar-refractivity contribution in [1.82, 2.24) is 4.98 Å². The smallest absolute Gasteiger partial charge is 0.109 e. The second-order valence-corrected chi connectivity index (χ2v) is 5.69. The zero-order valence-electron chi connectivity index (χ0n) is 11.9. The molecule has 106 valence electrons. The molecule has 0 radical (unpaired) electrons. The lowest BCUT2D eigenvalue weighted by atomic mass is 9.78. The van der Waals surface area contributed by atoms with Crippen molar-refractivity contribution in [3.05, 3.63) is 42.1 Å². The van der Waals surface area contributed by atoms with Crippen molar-refractivity contribution in [3.8, 4) is 0 Å². The molecule has 1 aliphatic rings. The molecule has 1 saturated carbocycles. The van der Waals surface area contributed by atoms with E-state index in [1.54, 1.807) is 13.3 Å². The number of aliphatic hydroxyl groups excluding tert-OH is 1. The molecule has 1 fully saturated rings. The molecule has 3 rings (SSSR count). The van der Waals surface area contributed by atoms with Crippen LogP contribution >= 0.6 is 0 Å². The molecule has 1 atom stereocenters. The van der Waals surface area contributed by atoms with Crippen LogP contribution in [0.4, 0.5) is 0 Å². The van der Waals surface area contributed by atoms with Crippen molar-refractivity contribution < 1.29 is 9.84 Å². The molecule has 2 aromatic rings. The molecule has 1 aliphatic carbocycles. The summed E-state index contributed by atoms with van der Waals surface area (Å²) >= 11 is 0. The largest absolute Gasteiger partial charge is 0.385 e. The lowest BCUT2D eigenvalue weighted by molar-refractivity contribution is -0.125. The molecule has 0 bridgehead atoms. The summed E-state index contributed by atoms with van der Waals surface area (Å²) < 4.78 is 5.73. The van der Waals surface area contributed by atoms with Crippen LogP contribution in [0.3, 0.4) is 0 Å². The molecular formula is C17H21NO2. The van der Waals surface area contributed by atoms with E-state index in [1.165, 1.54) is 6.42 Å². The summed E-state index contributed by atoms with van der Waals surface area (Å²) in [7, 11) is 1.71. The van der Waals surface area contributed by atoms with Crippen molar-refractivity contribution in [3.63, 3.8) is 0 Å². The van der Waals surface area contributed by atoms with Crippen LogP contribution < -0.4 is 0 Å². The Labute approximate surface area is 119 Å². The number of nitrogens with zero attached hydrogens (tertiary/aromatic N) is 1. The predicted molar refractivity (Wildman–Crippen MR) is 79.5 cm³/mol. The Kier molecular flexibility index (Phi) is 3.72. The maximum atomic E-state index is 10.8. The minimum Gasteiger partial charge on any atom is -0.385 e. The number of rotatable bonds is 3. The van der Waals surface area contributed by atoms with Gasteiger partial charge in [0.25, 0.3) is 0 Å². The quantitative estimate of drug-likeness (QED) is 0.927. The fourth-order valence-electron chi connectivity index (χ4n) is 3.28. The number of aromatic nitrogens is 1. The number of pyridine rings is 1. The van der Waals surface area contributed by atoms with Gasteiger partial charge in [-0.15, -0.1) is 0 Å². The SMILES string of the molecule is COC1(C(O)c2cnc3ccccc3c2)CCCCC1. The van der Waals surface area contributed by atoms with E-state index < -0.39 is 11.7 Å². The summed E-state index contributed by atoms with van der Waals surface area (Å²) in [6.45, 7) is 0. The fraction of sp³-hybridized carbons (Fsp3) is 0.471. The maximum Gasteiger partial charge on any atom is 0.109 e. The topological polar surface area (TPSA) is 42.4 Å². The minimum absolute atomic E-state index is 0.442. The van der Waals surface area contributed by atoms with Crippen LogP contribution in [0.5, 0.6) is 0 Å². The van der Waals surface area contributed by atoms with Gasteiger partial charge in [-0.2, -0.15) is 0 Å². The Balaban J connectivity index is 1.96. The molecule has 1 aromatic heterocycles. The summed E-state index contributed by atoms with van der Waals surface area (Å²) in [5.74, 6) is 0. The number of fused-ring (bicyclic) bond motifs is 1. The lowest BCUT2D eigenvalue weighted by Crippen LogP contribution is -2.40. The number of hydrogen-bond donors (Lipinski definition) is 1. The first kappa shape index (κ1) is 13.5. The highest BCUT2D eigenvalue weighted by Gasteiger charge is 2.40. The van der Waals surface area contributed by atoms with Gasteiger partial charge in [0.1, 0.15) is 6.10 Å². The monoisotopic (exact) mass is 271 g/mol. The third kappa shape index (κ3) is 2.32. The highest BCUT2D eigenvalue weighted by atomic mass is 16.5. The molecule has 1 N–H and O–H groups in total. The van der Waals surface area contributed by atoms with Gasteiger partial charge in [0, 0.05) is 24.3 Å². The normalized spacial score (nSPS) is 19.9. The van der Waals surface area contributed by atoms with Crippen molar-refractivity contribution in [1.29, 1.82) is 0 Å². The Morgan fingerprint density at radius 2 is 1.95 bits per heavy atom. The average molecular weight is 271 g/mol. The molecular weight excluding hydrogens is 250 g/mol. The third-order valence-electron chi connectivity index (χ3n) is 4.53. The molecule has 20 heavy (non-hydrogen) atoms. The zero-order valence-corrected chi connectivity index (χ0v) is 11.9. The fourth-order valence-corrected chi connectivity index (χ4v) is 3.28. The highest BCUT2D eigenvalue weighted by molar-refractivity contribution is 5.78. The molecule has 0 spiro atoms. The van der Waals surface area contributed by atoms with Crippen molar-refractivity contribution in [2.45, 2.75) is 43.8 Å². The van der Waals surface area contributed by atoms with Crippen LogP contribution in [0.15, 0.2) is 36.5 Å². The number of hydrogen-bond acceptors (Lipinski definition) is 3. The number of methoxy groups -OCH3 is 1. The molecule has 0 amide bonds. The number of ether oxygens (including phenoxy) is 1. The first-order valence-electron chi connectivity index (χ1n) is 7.33. The van der Waals surface area contributed by atoms with E-state index in [0.29, 0.717) is 0 Å². The third-order valence-corrected chi connectivity index (χ3v) is 4.53. The van der Waals surface area contributed by atoms with Crippen LogP contribution in [0.2, 0.25) is 0 Å². The van der Waals surface area contributed by atoms with Gasteiger partial charge in [0.2, 0.25) is 0 Å². The Hall–Kier alpha value is -1.45. The Morgan fingerprint density at radius 1 is 1.20 bits per heavy atom. The summed E-state index contributed by atoms with van der Waals surface area (Å²) in [6.07, 6.45) is 6.47. The first-order chi connectivity index (χ1) is 9.75. The van der Waals surface area contributed by atoms with E-state index in [9.17, 15) is 5.11 Å². The van der Waals surface area contributed by atoms with E-state index >= 15 is 0 Å². The summed E-state index contributed by atoms with van der Waals surface area (Å²) in [6, 6.07) is 10.0. The Morgan fingerprint density at radius 3 is 2.70 bits per heavy atom. The molecule has 3 heteroatoms.